The van der Waals surface area contributed by atoms with Gasteiger partial charge in [0.1, 0.15) is 0 Å². The van der Waals surface area contributed by atoms with E-state index in [9.17, 15) is 0 Å². The van der Waals surface area contributed by atoms with Gasteiger partial charge in [0.2, 0.25) is 5.79 Å². The van der Waals surface area contributed by atoms with Gasteiger partial charge >= 0.3 is 0 Å². The average molecular weight is 445 g/mol. The molecule has 4 saturated heterocycles. The molecule has 172 valence electrons. The maximum absolute atomic E-state index is 6.97. The maximum Gasteiger partial charge on any atom is 0.201 e. The first-order valence-corrected chi connectivity index (χ1v) is 12.6. The Labute approximate surface area is 195 Å². The highest BCUT2D eigenvalue weighted by atomic mass is 17.3. The third-order valence-corrected chi connectivity index (χ3v) is 9.26. The van der Waals surface area contributed by atoms with Crippen LogP contribution in [-0.4, -0.2) is 17.7 Å². The molecule has 0 amide bonds. The molecular weight excluding hydrogens is 412 g/mol. The van der Waals surface area contributed by atoms with Gasteiger partial charge in [-0.05, 0) is 77.1 Å². The lowest BCUT2D eigenvalue weighted by Gasteiger charge is -2.60. The van der Waals surface area contributed by atoms with Crippen molar-refractivity contribution < 1.29 is 19.2 Å². The zero-order chi connectivity index (χ0) is 22.4. The number of hydrogen-bond donors (Lipinski definition) is 0. The van der Waals surface area contributed by atoms with Crippen LogP contribution in [-0.2, 0) is 19.2 Å². The summed E-state index contributed by atoms with van der Waals surface area (Å²) in [5.41, 5.74) is 0.743. The summed E-state index contributed by atoms with van der Waals surface area (Å²) < 4.78 is 13.6. The fourth-order valence-corrected chi connectivity index (χ4v) is 7.58. The van der Waals surface area contributed by atoms with Crippen LogP contribution in [0.15, 0.2) is 54.6 Å². The number of fused-ring (bicyclic) bond motifs is 5. The largest absolute Gasteiger partial charge is 0.341 e. The van der Waals surface area contributed by atoms with Crippen molar-refractivity contribution >= 4 is 21.5 Å². The molecule has 0 aromatic heterocycles. The SMILES string of the molecule is C[C@H]1[C@@H](c2cc3ccccc3c3ccccc23)O[C@@H]2O[C@]3(C)CC[C@H]4[C@H](C)CC[C@@H]1[C@@]24OO3. The summed E-state index contributed by atoms with van der Waals surface area (Å²) in [4.78, 5) is 12.3. The van der Waals surface area contributed by atoms with Gasteiger partial charge in [-0.2, -0.15) is 0 Å². The van der Waals surface area contributed by atoms with E-state index in [1.54, 1.807) is 0 Å². The molecule has 4 heterocycles. The Kier molecular flexibility index (Phi) is 4.34. The molecular formula is C29H32O4. The van der Waals surface area contributed by atoms with Crippen LogP contribution in [0.2, 0.25) is 0 Å². The molecule has 8 atom stereocenters. The second-order valence-corrected chi connectivity index (χ2v) is 11.1. The Bertz CT molecular complexity index is 1240. The highest BCUT2D eigenvalue weighted by molar-refractivity contribution is 6.09. The van der Waals surface area contributed by atoms with Crippen LogP contribution in [0.5, 0.6) is 0 Å². The molecule has 33 heavy (non-hydrogen) atoms. The van der Waals surface area contributed by atoms with Crippen LogP contribution in [0.3, 0.4) is 0 Å². The average Bonchev–Trinajstić information content (AvgIpc) is 3.07. The van der Waals surface area contributed by atoms with Gasteiger partial charge in [0, 0.05) is 12.3 Å². The fourth-order valence-electron chi connectivity index (χ4n) is 7.58. The normalized spacial score (nSPS) is 42.3. The Morgan fingerprint density at radius 3 is 2.42 bits per heavy atom. The maximum atomic E-state index is 6.97. The summed E-state index contributed by atoms with van der Waals surface area (Å²) in [6, 6.07) is 19.7. The van der Waals surface area contributed by atoms with E-state index in [-0.39, 0.29) is 12.0 Å². The van der Waals surface area contributed by atoms with E-state index in [2.05, 4.69) is 68.4 Å². The van der Waals surface area contributed by atoms with Gasteiger partial charge in [-0.15, -0.1) is 0 Å². The number of hydrogen-bond acceptors (Lipinski definition) is 4. The minimum Gasteiger partial charge on any atom is -0.341 e. The molecule has 4 nitrogen and oxygen atoms in total. The van der Waals surface area contributed by atoms with Gasteiger partial charge < -0.3 is 9.47 Å². The van der Waals surface area contributed by atoms with Gasteiger partial charge in [-0.25, -0.2) is 9.78 Å². The van der Waals surface area contributed by atoms with E-state index >= 15 is 0 Å². The molecule has 4 aliphatic heterocycles. The minimum atomic E-state index is -0.742. The van der Waals surface area contributed by atoms with Crippen molar-refractivity contribution in [3.63, 3.8) is 0 Å². The Hall–Kier alpha value is -1.98. The molecule has 3 aromatic carbocycles. The molecule has 5 aliphatic rings. The molecule has 1 spiro atoms. The van der Waals surface area contributed by atoms with Crippen molar-refractivity contribution in [2.75, 3.05) is 0 Å². The molecule has 8 rings (SSSR count). The van der Waals surface area contributed by atoms with Crippen LogP contribution >= 0.6 is 0 Å². The summed E-state index contributed by atoms with van der Waals surface area (Å²) in [5, 5.41) is 5.10. The lowest BCUT2D eigenvalue weighted by Crippen LogP contribution is -2.69. The van der Waals surface area contributed by atoms with E-state index < -0.39 is 17.7 Å². The van der Waals surface area contributed by atoms with Crippen LogP contribution in [0.4, 0.5) is 0 Å². The zero-order valence-corrected chi connectivity index (χ0v) is 19.6. The predicted octanol–water partition coefficient (Wildman–Crippen LogP) is 6.92. The molecule has 3 aromatic rings. The molecule has 1 saturated carbocycles. The standard InChI is InChI=1S/C29H32O4/c1-17-12-13-25-18(2)26(30-27-29(25)24(17)14-15-28(3,31-27)32-33-29)23-16-19-8-4-5-9-20(19)21-10-6-7-11-22(21)23/h4-11,16-18,24-27H,12-15H2,1-3H3/t17-,18-,24+,25+,26+,27-,28+,29-/m1/s1. The van der Waals surface area contributed by atoms with Gasteiger partial charge in [-0.1, -0.05) is 62.4 Å². The number of rotatable bonds is 1. The van der Waals surface area contributed by atoms with Gasteiger partial charge in [0.15, 0.2) is 11.9 Å². The molecule has 0 N–H and O–H groups in total. The van der Waals surface area contributed by atoms with Crippen molar-refractivity contribution in [1.29, 1.82) is 0 Å². The molecule has 5 fully saturated rings. The molecule has 0 radical (unpaired) electrons. The summed E-state index contributed by atoms with van der Waals surface area (Å²) in [6.07, 6.45) is 3.77. The van der Waals surface area contributed by atoms with Gasteiger partial charge in [0.05, 0.1) is 6.10 Å². The highest BCUT2D eigenvalue weighted by Gasteiger charge is 2.69. The Morgan fingerprint density at radius 1 is 0.818 bits per heavy atom. The summed E-state index contributed by atoms with van der Waals surface area (Å²) in [5.74, 6) is 0.840. The van der Waals surface area contributed by atoms with E-state index in [0.717, 1.165) is 19.3 Å². The first kappa shape index (κ1) is 20.4. The second-order valence-electron chi connectivity index (χ2n) is 11.1. The van der Waals surface area contributed by atoms with E-state index in [0.29, 0.717) is 17.8 Å². The van der Waals surface area contributed by atoms with E-state index in [1.807, 2.05) is 6.92 Å². The lowest BCUT2D eigenvalue weighted by molar-refractivity contribution is -0.571. The smallest absolute Gasteiger partial charge is 0.201 e. The van der Waals surface area contributed by atoms with Gasteiger partial charge in [-0.3, -0.25) is 0 Å². The van der Waals surface area contributed by atoms with Crippen LogP contribution < -0.4 is 0 Å². The quantitative estimate of drug-likeness (QED) is 0.302. The van der Waals surface area contributed by atoms with E-state index in [4.69, 9.17) is 19.2 Å². The van der Waals surface area contributed by atoms with Crippen molar-refractivity contribution in [2.24, 2.45) is 23.7 Å². The monoisotopic (exact) mass is 444 g/mol. The molecule has 0 unspecified atom stereocenters. The summed E-state index contributed by atoms with van der Waals surface area (Å²) in [7, 11) is 0. The Morgan fingerprint density at radius 2 is 1.58 bits per heavy atom. The van der Waals surface area contributed by atoms with Gasteiger partial charge in [0.25, 0.3) is 0 Å². The van der Waals surface area contributed by atoms with Crippen molar-refractivity contribution in [1.82, 2.24) is 0 Å². The van der Waals surface area contributed by atoms with Crippen LogP contribution in [0, 0.1) is 23.7 Å². The topological polar surface area (TPSA) is 36.9 Å². The fraction of sp³-hybridized carbons (Fsp3) is 0.517. The Balaban J connectivity index is 1.41. The number of ether oxygens (including phenoxy) is 2. The third-order valence-electron chi connectivity index (χ3n) is 9.26. The third kappa shape index (κ3) is 2.72. The minimum absolute atomic E-state index is 0.0549. The second kappa shape index (κ2) is 7.02. The van der Waals surface area contributed by atoms with Crippen LogP contribution in [0.1, 0.15) is 58.1 Å². The summed E-state index contributed by atoms with van der Waals surface area (Å²) >= 11 is 0. The van der Waals surface area contributed by atoms with Crippen LogP contribution in [0.25, 0.3) is 21.5 Å². The number of benzene rings is 3. The van der Waals surface area contributed by atoms with Crippen molar-refractivity contribution in [2.45, 2.75) is 70.2 Å². The summed E-state index contributed by atoms with van der Waals surface area (Å²) in [6.45, 7) is 6.71. The van der Waals surface area contributed by atoms with Crippen molar-refractivity contribution in [3.05, 3.63) is 60.2 Å². The zero-order valence-electron chi connectivity index (χ0n) is 19.6. The lowest BCUT2D eigenvalue weighted by atomic mass is 9.57. The molecule has 4 heteroatoms. The first-order valence-electron chi connectivity index (χ1n) is 12.6. The molecule has 1 aliphatic carbocycles. The van der Waals surface area contributed by atoms with E-state index in [1.165, 1.54) is 33.5 Å². The van der Waals surface area contributed by atoms with Crippen molar-refractivity contribution in [3.8, 4) is 0 Å². The predicted molar refractivity (Wildman–Crippen MR) is 127 cm³/mol. The highest BCUT2D eigenvalue weighted by Crippen LogP contribution is 2.62. The molecule has 2 bridgehead atoms. The first-order chi connectivity index (χ1) is 16.0.